The standard InChI is InChI=1S/C20H22N2O4S/c1-14(2)11-21-20(25)16-5-3-4-6-17(16)22-18(23)12-26-19(24)8-7-15-9-10-27-13-15/h3-10,13-14H,11-12H2,1-2H3,(H,21,25)(H,22,23)/b8-7+. The minimum absolute atomic E-state index is 0.268. The van der Waals surface area contributed by atoms with E-state index >= 15 is 0 Å². The van der Waals surface area contributed by atoms with Gasteiger partial charge in [-0.1, -0.05) is 26.0 Å². The molecule has 27 heavy (non-hydrogen) atoms. The number of para-hydroxylation sites is 1. The van der Waals surface area contributed by atoms with E-state index in [4.69, 9.17) is 4.74 Å². The normalized spacial score (nSPS) is 10.8. The molecule has 6 nitrogen and oxygen atoms in total. The Labute approximate surface area is 162 Å². The van der Waals surface area contributed by atoms with Crippen molar-refractivity contribution in [1.82, 2.24) is 5.32 Å². The molecule has 1 aromatic carbocycles. The van der Waals surface area contributed by atoms with E-state index in [9.17, 15) is 14.4 Å². The summed E-state index contributed by atoms with van der Waals surface area (Å²) >= 11 is 1.52. The summed E-state index contributed by atoms with van der Waals surface area (Å²) in [7, 11) is 0. The summed E-state index contributed by atoms with van der Waals surface area (Å²) in [6.07, 6.45) is 2.88. The lowest BCUT2D eigenvalue weighted by Gasteiger charge is -2.12. The number of amides is 2. The molecule has 0 fully saturated rings. The molecular weight excluding hydrogens is 364 g/mol. The third-order valence-electron chi connectivity index (χ3n) is 3.42. The van der Waals surface area contributed by atoms with Gasteiger partial charge in [0.2, 0.25) is 0 Å². The molecule has 2 amide bonds. The fourth-order valence-electron chi connectivity index (χ4n) is 2.09. The molecule has 7 heteroatoms. The molecule has 0 aliphatic rings. The summed E-state index contributed by atoms with van der Waals surface area (Å²) in [6.45, 7) is 4.09. The molecule has 0 unspecified atom stereocenters. The quantitative estimate of drug-likeness (QED) is 0.538. The molecule has 2 aromatic rings. The molecule has 0 saturated carbocycles. The van der Waals surface area contributed by atoms with Crippen molar-refractivity contribution in [2.75, 3.05) is 18.5 Å². The van der Waals surface area contributed by atoms with Crippen LogP contribution in [0.5, 0.6) is 0 Å². The molecule has 0 saturated heterocycles. The molecule has 0 bridgehead atoms. The minimum atomic E-state index is -0.612. The van der Waals surface area contributed by atoms with Gasteiger partial charge in [-0.15, -0.1) is 0 Å². The molecule has 0 radical (unpaired) electrons. The Kier molecular flexibility index (Phi) is 7.76. The highest BCUT2D eigenvalue weighted by Gasteiger charge is 2.14. The Bertz CT molecular complexity index is 813. The van der Waals surface area contributed by atoms with Crippen molar-refractivity contribution in [3.8, 4) is 0 Å². The van der Waals surface area contributed by atoms with Gasteiger partial charge in [-0.05, 0) is 46.5 Å². The summed E-state index contributed by atoms with van der Waals surface area (Å²) in [5, 5.41) is 9.20. The van der Waals surface area contributed by atoms with Gasteiger partial charge in [0.05, 0.1) is 11.3 Å². The van der Waals surface area contributed by atoms with Gasteiger partial charge in [-0.3, -0.25) is 9.59 Å². The van der Waals surface area contributed by atoms with E-state index in [0.29, 0.717) is 23.7 Å². The van der Waals surface area contributed by atoms with Gasteiger partial charge in [0, 0.05) is 12.6 Å². The van der Waals surface area contributed by atoms with Crippen LogP contribution in [0, 0.1) is 5.92 Å². The number of carbonyl (C=O) groups is 3. The highest BCUT2D eigenvalue weighted by molar-refractivity contribution is 7.08. The van der Waals surface area contributed by atoms with E-state index in [0.717, 1.165) is 5.56 Å². The molecule has 0 spiro atoms. The molecular formula is C20H22N2O4S. The monoisotopic (exact) mass is 386 g/mol. The first-order valence-corrected chi connectivity index (χ1v) is 9.44. The molecule has 0 atom stereocenters. The molecule has 2 N–H and O–H groups in total. The van der Waals surface area contributed by atoms with Crippen LogP contribution in [0.1, 0.15) is 29.8 Å². The number of rotatable bonds is 8. The lowest BCUT2D eigenvalue weighted by molar-refractivity contribution is -0.142. The zero-order chi connectivity index (χ0) is 19.6. The first kappa shape index (κ1) is 20.4. The first-order chi connectivity index (χ1) is 13.0. The van der Waals surface area contributed by atoms with Crippen LogP contribution in [0.3, 0.4) is 0 Å². The lowest BCUT2D eigenvalue weighted by atomic mass is 10.1. The van der Waals surface area contributed by atoms with Gasteiger partial charge in [-0.25, -0.2) is 4.79 Å². The van der Waals surface area contributed by atoms with E-state index in [1.165, 1.54) is 17.4 Å². The van der Waals surface area contributed by atoms with Crippen LogP contribution in [-0.2, 0) is 14.3 Å². The fraction of sp³-hybridized carbons (Fsp3) is 0.250. The van der Waals surface area contributed by atoms with Crippen LogP contribution in [0.15, 0.2) is 47.2 Å². The molecule has 0 aliphatic carbocycles. The maximum absolute atomic E-state index is 12.3. The van der Waals surface area contributed by atoms with Gasteiger partial charge in [0.1, 0.15) is 0 Å². The Morgan fingerprint density at radius 1 is 1.19 bits per heavy atom. The second-order valence-electron chi connectivity index (χ2n) is 6.20. The van der Waals surface area contributed by atoms with Gasteiger partial charge < -0.3 is 15.4 Å². The summed E-state index contributed by atoms with van der Waals surface area (Å²) in [4.78, 5) is 36.0. The summed E-state index contributed by atoms with van der Waals surface area (Å²) in [6, 6.07) is 8.55. The average molecular weight is 386 g/mol. The van der Waals surface area contributed by atoms with Crippen LogP contribution >= 0.6 is 11.3 Å². The molecule has 142 valence electrons. The van der Waals surface area contributed by atoms with Crippen LogP contribution in [-0.4, -0.2) is 30.9 Å². The molecule has 0 aliphatic heterocycles. The van der Waals surface area contributed by atoms with E-state index in [-0.39, 0.29) is 5.91 Å². The van der Waals surface area contributed by atoms with Crippen LogP contribution in [0.4, 0.5) is 5.69 Å². The van der Waals surface area contributed by atoms with E-state index in [1.807, 2.05) is 30.7 Å². The lowest BCUT2D eigenvalue weighted by Crippen LogP contribution is -2.29. The van der Waals surface area contributed by atoms with Crippen LogP contribution in [0.2, 0.25) is 0 Å². The topological polar surface area (TPSA) is 84.5 Å². The largest absolute Gasteiger partial charge is 0.452 e. The predicted octanol–water partition coefficient (Wildman–Crippen LogP) is 3.33. The predicted molar refractivity (Wildman–Crippen MR) is 107 cm³/mol. The summed E-state index contributed by atoms with van der Waals surface area (Å²) in [5.41, 5.74) is 1.62. The van der Waals surface area contributed by atoms with Crippen LogP contribution < -0.4 is 10.6 Å². The van der Waals surface area contributed by atoms with Gasteiger partial charge in [-0.2, -0.15) is 11.3 Å². The van der Waals surface area contributed by atoms with Crippen molar-refractivity contribution in [2.24, 2.45) is 5.92 Å². The van der Waals surface area contributed by atoms with Gasteiger partial charge >= 0.3 is 5.97 Å². The van der Waals surface area contributed by atoms with Gasteiger partial charge in [0.25, 0.3) is 11.8 Å². The Balaban J connectivity index is 1.88. The van der Waals surface area contributed by atoms with E-state index in [1.54, 1.807) is 30.3 Å². The van der Waals surface area contributed by atoms with Crippen molar-refractivity contribution in [2.45, 2.75) is 13.8 Å². The second-order valence-corrected chi connectivity index (χ2v) is 6.98. The zero-order valence-electron chi connectivity index (χ0n) is 15.2. The Hall–Kier alpha value is -2.93. The number of hydrogen-bond acceptors (Lipinski definition) is 5. The highest BCUT2D eigenvalue weighted by atomic mass is 32.1. The van der Waals surface area contributed by atoms with Crippen molar-refractivity contribution < 1.29 is 19.1 Å². The Morgan fingerprint density at radius 2 is 1.96 bits per heavy atom. The second kappa shape index (κ2) is 10.3. The van der Waals surface area contributed by atoms with Crippen molar-refractivity contribution in [3.63, 3.8) is 0 Å². The SMILES string of the molecule is CC(C)CNC(=O)c1ccccc1NC(=O)COC(=O)/C=C/c1ccsc1. The third-order valence-corrected chi connectivity index (χ3v) is 4.12. The number of anilines is 1. The maximum Gasteiger partial charge on any atom is 0.331 e. The number of carbonyl (C=O) groups excluding carboxylic acids is 3. The number of thiophene rings is 1. The zero-order valence-corrected chi connectivity index (χ0v) is 16.0. The molecule has 1 aromatic heterocycles. The van der Waals surface area contributed by atoms with Crippen LogP contribution in [0.25, 0.3) is 6.08 Å². The smallest absolute Gasteiger partial charge is 0.331 e. The van der Waals surface area contributed by atoms with E-state index in [2.05, 4.69) is 10.6 Å². The average Bonchev–Trinajstić information content (AvgIpc) is 3.17. The van der Waals surface area contributed by atoms with Gasteiger partial charge in [0.15, 0.2) is 6.61 Å². The molecule has 1 heterocycles. The summed E-state index contributed by atoms with van der Waals surface area (Å²) in [5.74, 6) is -1.08. The fourth-order valence-corrected chi connectivity index (χ4v) is 2.72. The van der Waals surface area contributed by atoms with Crippen molar-refractivity contribution in [3.05, 3.63) is 58.3 Å². The number of ether oxygens (including phenoxy) is 1. The first-order valence-electron chi connectivity index (χ1n) is 8.50. The number of benzene rings is 1. The third kappa shape index (κ3) is 7.07. The molecule has 2 rings (SSSR count). The maximum atomic E-state index is 12.3. The van der Waals surface area contributed by atoms with E-state index < -0.39 is 18.5 Å². The minimum Gasteiger partial charge on any atom is -0.452 e. The number of nitrogens with one attached hydrogen (secondary N) is 2. The van der Waals surface area contributed by atoms with Crippen molar-refractivity contribution in [1.29, 1.82) is 0 Å². The highest BCUT2D eigenvalue weighted by Crippen LogP contribution is 2.15. The Morgan fingerprint density at radius 3 is 2.67 bits per heavy atom. The summed E-state index contributed by atoms with van der Waals surface area (Å²) < 4.78 is 4.92. The van der Waals surface area contributed by atoms with Crippen molar-refractivity contribution >= 4 is 40.9 Å². The number of hydrogen-bond donors (Lipinski definition) is 2. The number of esters is 1.